The number of aromatic nitrogens is 3. The van der Waals surface area contributed by atoms with E-state index in [4.69, 9.17) is 0 Å². The van der Waals surface area contributed by atoms with Crippen LogP contribution in [0.2, 0.25) is 0 Å². The highest BCUT2D eigenvalue weighted by Crippen LogP contribution is 2.31. The van der Waals surface area contributed by atoms with Gasteiger partial charge >= 0.3 is 6.36 Å². The van der Waals surface area contributed by atoms with Gasteiger partial charge in [0.05, 0.1) is 11.6 Å². The summed E-state index contributed by atoms with van der Waals surface area (Å²) in [6.45, 7) is 4.25. The van der Waals surface area contributed by atoms with Crippen LogP contribution in [0, 0.1) is 12.7 Å². The van der Waals surface area contributed by atoms with Crippen LogP contribution in [0.5, 0.6) is 5.75 Å². The van der Waals surface area contributed by atoms with E-state index in [0.717, 1.165) is 18.2 Å². The van der Waals surface area contributed by atoms with Crippen molar-refractivity contribution >= 4 is 11.6 Å². The molecule has 172 valence electrons. The van der Waals surface area contributed by atoms with Crippen molar-refractivity contribution in [3.63, 3.8) is 0 Å². The number of hydrogen-bond donors (Lipinski definition) is 2. The third-order valence-corrected chi connectivity index (χ3v) is 4.72. The molecule has 8 nitrogen and oxygen atoms in total. The fraction of sp³-hybridized carbons (Fsp3) is 0.350. The van der Waals surface area contributed by atoms with Crippen LogP contribution in [0.1, 0.15) is 41.4 Å². The summed E-state index contributed by atoms with van der Waals surface area (Å²) in [7, 11) is 1.54. The average molecular weight is 456 g/mol. The number of aryl methyl sites for hydroxylation is 2. The lowest BCUT2D eigenvalue weighted by molar-refractivity contribution is -0.275. The summed E-state index contributed by atoms with van der Waals surface area (Å²) >= 11 is 0. The topological polar surface area (TPSA) is 97.9 Å². The molecule has 2 heterocycles. The first-order chi connectivity index (χ1) is 14.7. The minimum Gasteiger partial charge on any atom is -0.403 e. The number of carbonyl (C=O) groups excluding carboxylic acids is 1. The van der Waals surface area contributed by atoms with Gasteiger partial charge in [0.1, 0.15) is 5.56 Å². The summed E-state index contributed by atoms with van der Waals surface area (Å²) in [5.41, 5.74) is -1.58. The van der Waals surface area contributed by atoms with Gasteiger partial charge in [-0.15, -0.1) is 13.2 Å². The Labute approximate surface area is 179 Å². The minimum atomic E-state index is -5.08. The molecule has 1 amide bonds. The Morgan fingerprint density at radius 2 is 1.94 bits per heavy atom. The number of benzene rings is 1. The first-order valence-corrected chi connectivity index (χ1v) is 9.31. The van der Waals surface area contributed by atoms with Crippen LogP contribution in [-0.2, 0) is 7.05 Å². The van der Waals surface area contributed by atoms with Crippen molar-refractivity contribution in [2.24, 2.45) is 7.05 Å². The van der Waals surface area contributed by atoms with Crippen LogP contribution >= 0.6 is 0 Å². The van der Waals surface area contributed by atoms with Gasteiger partial charge in [0, 0.05) is 25.0 Å². The van der Waals surface area contributed by atoms with Gasteiger partial charge in [-0.2, -0.15) is 4.52 Å². The third-order valence-electron chi connectivity index (χ3n) is 4.72. The van der Waals surface area contributed by atoms with Crippen molar-refractivity contribution in [1.29, 1.82) is 0 Å². The van der Waals surface area contributed by atoms with E-state index in [0.29, 0.717) is 5.56 Å². The number of nitrogens with zero attached hydrogens (tertiary/aromatic N) is 3. The van der Waals surface area contributed by atoms with Crippen molar-refractivity contribution < 1.29 is 32.2 Å². The second-order valence-electron chi connectivity index (χ2n) is 7.80. The van der Waals surface area contributed by atoms with E-state index in [1.807, 2.05) is 0 Å². The number of amides is 1. The largest absolute Gasteiger partial charge is 0.573 e. The molecular weight excluding hydrogens is 436 g/mol. The fourth-order valence-corrected chi connectivity index (χ4v) is 3.25. The zero-order valence-corrected chi connectivity index (χ0v) is 17.5. The lowest BCUT2D eigenvalue weighted by atomic mass is 9.91. The Hall–Kier alpha value is -3.41. The van der Waals surface area contributed by atoms with Crippen molar-refractivity contribution in [2.75, 3.05) is 0 Å². The molecule has 2 aromatic heterocycles. The van der Waals surface area contributed by atoms with E-state index >= 15 is 0 Å². The van der Waals surface area contributed by atoms with Gasteiger partial charge in [-0.05, 0) is 38.5 Å². The molecule has 0 radical (unpaired) electrons. The summed E-state index contributed by atoms with van der Waals surface area (Å²) in [4.78, 5) is 29.5. The SMILES string of the molecule is Cc1cnc2c(C(=O)N[C@@H](c3ccc(OC(F)(F)F)c(F)c3)C(C)(C)O)cn(C)n2c1=O. The van der Waals surface area contributed by atoms with Crippen LogP contribution in [0.25, 0.3) is 5.65 Å². The molecule has 0 aliphatic heterocycles. The number of alkyl halides is 3. The van der Waals surface area contributed by atoms with E-state index in [1.165, 1.54) is 42.5 Å². The highest BCUT2D eigenvalue weighted by molar-refractivity contribution is 6.00. The number of hydrogen-bond acceptors (Lipinski definition) is 5. The van der Waals surface area contributed by atoms with Gasteiger partial charge in [-0.3, -0.25) is 14.3 Å². The van der Waals surface area contributed by atoms with Crippen LogP contribution in [-0.4, -0.2) is 37.2 Å². The summed E-state index contributed by atoms with van der Waals surface area (Å²) in [6.07, 6.45) is -2.40. The van der Waals surface area contributed by atoms with Crippen LogP contribution in [0.15, 0.2) is 35.4 Å². The molecule has 0 bridgehead atoms. The number of nitrogens with one attached hydrogen (secondary N) is 1. The molecular formula is C20H20F4N4O4. The number of carbonyl (C=O) groups is 1. The molecule has 1 aromatic carbocycles. The van der Waals surface area contributed by atoms with Crippen LogP contribution in [0.4, 0.5) is 17.6 Å². The molecule has 3 aromatic rings. The molecule has 1 atom stereocenters. The summed E-state index contributed by atoms with van der Waals surface area (Å²) < 4.78 is 57.6. The molecule has 32 heavy (non-hydrogen) atoms. The first kappa shape index (κ1) is 23.3. The van der Waals surface area contributed by atoms with Gasteiger partial charge in [0.2, 0.25) is 0 Å². The highest BCUT2D eigenvalue weighted by atomic mass is 19.4. The van der Waals surface area contributed by atoms with E-state index < -0.39 is 35.5 Å². The third kappa shape index (κ3) is 4.59. The molecule has 0 saturated carbocycles. The second-order valence-corrected chi connectivity index (χ2v) is 7.80. The molecule has 3 rings (SSSR count). The maximum atomic E-state index is 14.2. The van der Waals surface area contributed by atoms with Gasteiger partial charge < -0.3 is 15.2 Å². The lowest BCUT2D eigenvalue weighted by Crippen LogP contribution is -2.42. The van der Waals surface area contributed by atoms with Gasteiger partial charge in [0.25, 0.3) is 11.5 Å². The maximum absolute atomic E-state index is 14.2. The Balaban J connectivity index is 1.98. The zero-order valence-electron chi connectivity index (χ0n) is 17.5. The quantitative estimate of drug-likeness (QED) is 0.576. The van der Waals surface area contributed by atoms with E-state index in [2.05, 4.69) is 15.0 Å². The summed E-state index contributed by atoms with van der Waals surface area (Å²) in [6, 6.07) is 1.37. The predicted molar refractivity (Wildman–Crippen MR) is 105 cm³/mol. The normalized spacial score (nSPS) is 13.3. The number of ether oxygens (including phenoxy) is 1. The van der Waals surface area contributed by atoms with Gasteiger partial charge in [-0.25, -0.2) is 9.37 Å². The van der Waals surface area contributed by atoms with E-state index in [1.54, 1.807) is 6.92 Å². The minimum absolute atomic E-state index is 0.000850. The van der Waals surface area contributed by atoms with Gasteiger partial charge in [-0.1, -0.05) is 6.07 Å². The summed E-state index contributed by atoms with van der Waals surface area (Å²) in [5.74, 6) is -3.10. The van der Waals surface area contributed by atoms with Crippen molar-refractivity contribution in [1.82, 2.24) is 19.5 Å². The number of rotatable bonds is 5. The smallest absolute Gasteiger partial charge is 0.403 e. The first-order valence-electron chi connectivity index (χ1n) is 9.31. The fourth-order valence-electron chi connectivity index (χ4n) is 3.25. The second kappa shape index (κ2) is 7.93. The number of fused-ring (bicyclic) bond motifs is 1. The molecule has 0 spiro atoms. The van der Waals surface area contributed by atoms with Gasteiger partial charge in [0.15, 0.2) is 17.2 Å². The number of aliphatic hydroxyl groups is 1. The monoisotopic (exact) mass is 456 g/mol. The Morgan fingerprint density at radius 1 is 1.28 bits per heavy atom. The molecule has 12 heteroatoms. The molecule has 0 unspecified atom stereocenters. The summed E-state index contributed by atoms with van der Waals surface area (Å²) in [5, 5.41) is 13.1. The highest BCUT2D eigenvalue weighted by Gasteiger charge is 2.35. The average Bonchev–Trinajstić information content (AvgIpc) is 2.99. The van der Waals surface area contributed by atoms with Crippen molar-refractivity contribution in [3.05, 3.63) is 63.5 Å². The van der Waals surface area contributed by atoms with Crippen molar-refractivity contribution in [3.8, 4) is 5.75 Å². The molecule has 0 fully saturated rings. The molecule has 0 aliphatic carbocycles. The number of halogens is 4. The maximum Gasteiger partial charge on any atom is 0.573 e. The molecule has 0 aliphatic rings. The van der Waals surface area contributed by atoms with Crippen LogP contribution < -0.4 is 15.6 Å². The Kier molecular flexibility index (Phi) is 5.77. The van der Waals surface area contributed by atoms with E-state index in [9.17, 15) is 32.3 Å². The lowest BCUT2D eigenvalue weighted by Gasteiger charge is -2.30. The molecule has 2 N–H and O–H groups in total. The Morgan fingerprint density at radius 3 is 2.50 bits per heavy atom. The zero-order chi connectivity index (χ0) is 24.0. The predicted octanol–water partition coefficient (Wildman–Crippen LogP) is 2.62. The van der Waals surface area contributed by atoms with Crippen LogP contribution in [0.3, 0.4) is 0 Å². The molecule has 0 saturated heterocycles. The van der Waals surface area contributed by atoms with Crippen molar-refractivity contribution in [2.45, 2.75) is 38.8 Å². The Bertz CT molecular complexity index is 1240. The standard InChI is InChI=1S/C20H20F4N4O4/c1-10-8-25-16-12(9-27(4)28(16)18(10)30)17(29)26-15(19(2,3)31)11-5-6-14(13(21)7-11)32-20(22,23)24/h5-9,15,31H,1-4H3,(H,26,29)/t15-/m0/s1. The van der Waals surface area contributed by atoms with E-state index in [-0.39, 0.29) is 22.3 Å².